The Morgan fingerprint density at radius 2 is 2.22 bits per heavy atom. The van der Waals surface area contributed by atoms with Crippen LogP contribution in [0.25, 0.3) is 0 Å². The standard InChI is InChI=1S/C13H22N4O/c1-4-5-11-14-12(16-15-11)13(18)17(8-9(2)3)10-6-7-10/h9-10H,4-8H2,1-3H3,(H,14,15,16). The molecule has 0 radical (unpaired) electrons. The Bertz CT molecular complexity index is 409. The first kappa shape index (κ1) is 13.1. The van der Waals surface area contributed by atoms with Gasteiger partial charge in [0.1, 0.15) is 5.82 Å². The molecule has 1 aromatic rings. The SMILES string of the molecule is CCCc1nc(C(=O)N(CC(C)C)C2CC2)n[nH]1. The molecule has 0 aromatic carbocycles. The molecule has 0 unspecified atom stereocenters. The third kappa shape index (κ3) is 3.09. The number of hydrogen-bond acceptors (Lipinski definition) is 3. The number of rotatable bonds is 6. The van der Waals surface area contributed by atoms with E-state index in [1.165, 1.54) is 0 Å². The fourth-order valence-electron chi connectivity index (χ4n) is 2.05. The summed E-state index contributed by atoms with van der Waals surface area (Å²) in [6, 6.07) is 0.410. The Balaban J connectivity index is 2.06. The van der Waals surface area contributed by atoms with E-state index in [9.17, 15) is 4.79 Å². The van der Waals surface area contributed by atoms with E-state index in [1.54, 1.807) is 0 Å². The highest BCUT2D eigenvalue weighted by Crippen LogP contribution is 2.28. The summed E-state index contributed by atoms with van der Waals surface area (Å²) in [5.74, 6) is 1.58. The van der Waals surface area contributed by atoms with E-state index >= 15 is 0 Å². The smallest absolute Gasteiger partial charge is 0.293 e. The van der Waals surface area contributed by atoms with E-state index in [0.717, 1.165) is 38.1 Å². The van der Waals surface area contributed by atoms with Crippen molar-refractivity contribution in [3.05, 3.63) is 11.6 Å². The Hall–Kier alpha value is -1.39. The Labute approximate surface area is 108 Å². The molecular formula is C13H22N4O. The molecular weight excluding hydrogens is 228 g/mol. The van der Waals surface area contributed by atoms with E-state index in [4.69, 9.17) is 0 Å². The van der Waals surface area contributed by atoms with E-state index in [0.29, 0.717) is 17.8 Å². The van der Waals surface area contributed by atoms with Crippen molar-refractivity contribution in [2.75, 3.05) is 6.54 Å². The maximum absolute atomic E-state index is 12.4. The first-order valence-electron chi connectivity index (χ1n) is 6.84. The highest BCUT2D eigenvalue weighted by atomic mass is 16.2. The van der Waals surface area contributed by atoms with Crippen LogP contribution in [0.15, 0.2) is 0 Å². The third-order valence-corrected chi connectivity index (χ3v) is 3.02. The Morgan fingerprint density at radius 1 is 1.50 bits per heavy atom. The van der Waals surface area contributed by atoms with Gasteiger partial charge in [-0.3, -0.25) is 9.89 Å². The average molecular weight is 250 g/mol. The quantitative estimate of drug-likeness (QED) is 0.840. The van der Waals surface area contributed by atoms with Crippen molar-refractivity contribution in [3.63, 3.8) is 0 Å². The summed E-state index contributed by atoms with van der Waals surface area (Å²) in [6.45, 7) is 7.13. The molecule has 1 N–H and O–H groups in total. The van der Waals surface area contributed by atoms with Crippen molar-refractivity contribution in [2.45, 2.75) is 52.5 Å². The lowest BCUT2D eigenvalue weighted by molar-refractivity contribution is 0.0710. The van der Waals surface area contributed by atoms with Gasteiger partial charge < -0.3 is 4.90 Å². The van der Waals surface area contributed by atoms with E-state index < -0.39 is 0 Å². The van der Waals surface area contributed by atoms with Crippen molar-refractivity contribution in [2.24, 2.45) is 5.92 Å². The van der Waals surface area contributed by atoms with Crippen LogP contribution in [0.1, 0.15) is 56.5 Å². The molecule has 1 aliphatic carbocycles. The van der Waals surface area contributed by atoms with Gasteiger partial charge in [-0.2, -0.15) is 0 Å². The first-order valence-corrected chi connectivity index (χ1v) is 6.84. The monoisotopic (exact) mass is 250 g/mol. The highest BCUT2D eigenvalue weighted by molar-refractivity contribution is 5.90. The molecule has 1 heterocycles. The van der Waals surface area contributed by atoms with Crippen LogP contribution < -0.4 is 0 Å². The van der Waals surface area contributed by atoms with Crippen molar-refractivity contribution >= 4 is 5.91 Å². The zero-order chi connectivity index (χ0) is 13.1. The summed E-state index contributed by atoms with van der Waals surface area (Å²) in [5, 5.41) is 6.89. The number of amides is 1. The number of carbonyl (C=O) groups is 1. The molecule has 1 aromatic heterocycles. The summed E-state index contributed by atoms with van der Waals surface area (Å²) >= 11 is 0. The van der Waals surface area contributed by atoms with Crippen LogP contribution in [0.3, 0.4) is 0 Å². The lowest BCUT2D eigenvalue weighted by Gasteiger charge is -2.22. The number of aromatic amines is 1. The van der Waals surface area contributed by atoms with Crippen LogP contribution in [-0.4, -0.2) is 38.6 Å². The number of H-pyrrole nitrogens is 1. The van der Waals surface area contributed by atoms with Gasteiger partial charge in [-0.1, -0.05) is 20.8 Å². The van der Waals surface area contributed by atoms with Crippen LogP contribution >= 0.6 is 0 Å². The van der Waals surface area contributed by atoms with Gasteiger partial charge in [-0.15, -0.1) is 5.10 Å². The topological polar surface area (TPSA) is 61.9 Å². The van der Waals surface area contributed by atoms with Gasteiger partial charge in [0.15, 0.2) is 0 Å². The molecule has 2 rings (SSSR count). The van der Waals surface area contributed by atoms with Crippen molar-refractivity contribution in [1.29, 1.82) is 0 Å². The van der Waals surface area contributed by atoms with Gasteiger partial charge in [0.2, 0.25) is 5.82 Å². The molecule has 18 heavy (non-hydrogen) atoms. The summed E-state index contributed by atoms with van der Waals surface area (Å²) in [5.41, 5.74) is 0. The largest absolute Gasteiger partial charge is 0.333 e. The fourth-order valence-corrected chi connectivity index (χ4v) is 2.05. The van der Waals surface area contributed by atoms with Gasteiger partial charge in [0.25, 0.3) is 5.91 Å². The minimum Gasteiger partial charge on any atom is -0.333 e. The molecule has 0 saturated heterocycles. The van der Waals surface area contributed by atoms with Crippen LogP contribution in [0.5, 0.6) is 0 Å². The Morgan fingerprint density at radius 3 is 2.78 bits per heavy atom. The van der Waals surface area contributed by atoms with Crippen molar-refractivity contribution in [1.82, 2.24) is 20.1 Å². The van der Waals surface area contributed by atoms with E-state index in [1.807, 2.05) is 4.90 Å². The second-order valence-corrected chi connectivity index (χ2v) is 5.44. The number of hydrogen-bond donors (Lipinski definition) is 1. The van der Waals surface area contributed by atoms with Gasteiger partial charge in [-0.05, 0) is 25.2 Å². The normalized spacial score (nSPS) is 15.1. The Kier molecular flexibility index (Phi) is 3.99. The second kappa shape index (κ2) is 5.50. The number of nitrogens with zero attached hydrogens (tertiary/aromatic N) is 3. The molecule has 0 aliphatic heterocycles. The predicted octanol–water partition coefficient (Wildman–Crippen LogP) is 2.02. The van der Waals surface area contributed by atoms with Crippen molar-refractivity contribution in [3.8, 4) is 0 Å². The number of aromatic nitrogens is 3. The van der Waals surface area contributed by atoms with Crippen LogP contribution in [-0.2, 0) is 6.42 Å². The molecule has 5 nitrogen and oxygen atoms in total. The second-order valence-electron chi connectivity index (χ2n) is 5.44. The van der Waals surface area contributed by atoms with Gasteiger partial charge >= 0.3 is 0 Å². The fraction of sp³-hybridized carbons (Fsp3) is 0.769. The van der Waals surface area contributed by atoms with Crippen LogP contribution in [0, 0.1) is 5.92 Å². The zero-order valence-electron chi connectivity index (χ0n) is 11.4. The minimum absolute atomic E-state index is 0.0233. The number of aryl methyl sites for hydroxylation is 1. The van der Waals surface area contributed by atoms with E-state index in [2.05, 4.69) is 36.0 Å². The number of nitrogens with one attached hydrogen (secondary N) is 1. The molecule has 100 valence electrons. The third-order valence-electron chi connectivity index (χ3n) is 3.02. The lowest BCUT2D eigenvalue weighted by atomic mass is 10.2. The number of carbonyl (C=O) groups excluding carboxylic acids is 1. The first-order chi connectivity index (χ1) is 8.61. The molecule has 5 heteroatoms. The average Bonchev–Trinajstić information content (AvgIpc) is 3.06. The summed E-state index contributed by atoms with van der Waals surface area (Å²) in [4.78, 5) is 18.6. The minimum atomic E-state index is -0.0233. The van der Waals surface area contributed by atoms with Crippen LogP contribution in [0.2, 0.25) is 0 Å². The maximum Gasteiger partial charge on any atom is 0.293 e. The summed E-state index contributed by atoms with van der Waals surface area (Å²) < 4.78 is 0. The van der Waals surface area contributed by atoms with Gasteiger partial charge in [0, 0.05) is 19.0 Å². The molecule has 0 spiro atoms. The maximum atomic E-state index is 12.4. The van der Waals surface area contributed by atoms with Crippen LogP contribution in [0.4, 0.5) is 0 Å². The predicted molar refractivity (Wildman–Crippen MR) is 69.3 cm³/mol. The zero-order valence-corrected chi connectivity index (χ0v) is 11.4. The molecule has 1 saturated carbocycles. The molecule has 1 fully saturated rings. The molecule has 1 aliphatic rings. The summed E-state index contributed by atoms with van der Waals surface area (Å²) in [6.07, 6.45) is 4.07. The molecule has 0 atom stereocenters. The highest BCUT2D eigenvalue weighted by Gasteiger charge is 2.34. The molecule has 0 bridgehead atoms. The van der Waals surface area contributed by atoms with Gasteiger partial charge in [0.05, 0.1) is 0 Å². The summed E-state index contributed by atoms with van der Waals surface area (Å²) in [7, 11) is 0. The van der Waals surface area contributed by atoms with Crippen molar-refractivity contribution < 1.29 is 4.79 Å². The van der Waals surface area contributed by atoms with E-state index in [-0.39, 0.29) is 5.91 Å². The lowest BCUT2D eigenvalue weighted by Crippen LogP contribution is -2.36. The molecule has 1 amide bonds. The van der Waals surface area contributed by atoms with Gasteiger partial charge in [-0.25, -0.2) is 4.98 Å².